The summed E-state index contributed by atoms with van der Waals surface area (Å²) >= 11 is 5.97. The fraction of sp³-hybridized carbons (Fsp3) is 0.143. The molecule has 0 atom stereocenters. The van der Waals surface area contributed by atoms with E-state index in [1.54, 1.807) is 6.07 Å². The Hall–Kier alpha value is -1.51. The van der Waals surface area contributed by atoms with Gasteiger partial charge in [0.1, 0.15) is 11.5 Å². The van der Waals surface area contributed by atoms with E-state index in [0.717, 1.165) is 22.6 Å². The van der Waals surface area contributed by atoms with Crippen LogP contribution in [0.25, 0.3) is 0 Å². The summed E-state index contributed by atoms with van der Waals surface area (Å²) in [6.45, 7) is 2.49. The van der Waals surface area contributed by atoms with Crippen molar-refractivity contribution in [2.45, 2.75) is 13.5 Å². The lowest BCUT2D eigenvalue weighted by Gasteiger charge is -2.08. The monoisotopic (exact) mass is 247 g/mol. The van der Waals surface area contributed by atoms with E-state index in [4.69, 9.17) is 22.1 Å². The number of benzene rings is 2. The van der Waals surface area contributed by atoms with Crippen LogP contribution in [0.4, 0.5) is 0 Å². The molecule has 0 aromatic heterocycles. The number of ether oxygens (including phenoxy) is 1. The van der Waals surface area contributed by atoms with Gasteiger partial charge in [-0.05, 0) is 48.4 Å². The fourth-order valence-electron chi connectivity index (χ4n) is 1.63. The zero-order valence-electron chi connectivity index (χ0n) is 9.61. The van der Waals surface area contributed by atoms with Crippen molar-refractivity contribution >= 4 is 11.6 Å². The third kappa shape index (κ3) is 3.22. The number of aryl methyl sites for hydroxylation is 1. The van der Waals surface area contributed by atoms with Crippen LogP contribution in [0.3, 0.4) is 0 Å². The first-order valence-corrected chi connectivity index (χ1v) is 5.79. The molecule has 0 radical (unpaired) electrons. The van der Waals surface area contributed by atoms with Crippen LogP contribution >= 0.6 is 11.6 Å². The van der Waals surface area contributed by atoms with Crippen molar-refractivity contribution in [1.82, 2.24) is 0 Å². The third-order valence-corrected chi connectivity index (χ3v) is 2.60. The molecule has 88 valence electrons. The van der Waals surface area contributed by atoms with Crippen molar-refractivity contribution in [1.29, 1.82) is 0 Å². The molecule has 2 N–H and O–H groups in total. The molecule has 3 heteroatoms. The first-order chi connectivity index (χ1) is 8.17. The van der Waals surface area contributed by atoms with Gasteiger partial charge in [-0.2, -0.15) is 0 Å². The van der Waals surface area contributed by atoms with Gasteiger partial charge in [-0.15, -0.1) is 0 Å². The van der Waals surface area contributed by atoms with Crippen molar-refractivity contribution in [3.05, 3.63) is 58.6 Å². The molecule has 2 rings (SSSR count). The minimum absolute atomic E-state index is 0.506. The summed E-state index contributed by atoms with van der Waals surface area (Å²) in [5.41, 5.74) is 7.70. The normalized spacial score (nSPS) is 10.3. The van der Waals surface area contributed by atoms with Crippen LogP contribution in [0.5, 0.6) is 11.5 Å². The van der Waals surface area contributed by atoms with Crippen LogP contribution in [0.2, 0.25) is 5.02 Å². The minimum atomic E-state index is 0.506. The average Bonchev–Trinajstić information content (AvgIpc) is 2.28. The van der Waals surface area contributed by atoms with Crippen molar-refractivity contribution in [2.24, 2.45) is 5.73 Å². The Morgan fingerprint density at radius 1 is 1.12 bits per heavy atom. The molecule has 0 amide bonds. The maximum Gasteiger partial charge on any atom is 0.129 e. The maximum absolute atomic E-state index is 5.97. The van der Waals surface area contributed by atoms with Crippen LogP contribution in [-0.4, -0.2) is 0 Å². The molecule has 2 nitrogen and oxygen atoms in total. The highest BCUT2D eigenvalue weighted by Gasteiger charge is 2.01. The van der Waals surface area contributed by atoms with Crippen molar-refractivity contribution in [3.63, 3.8) is 0 Å². The second-order valence-electron chi connectivity index (χ2n) is 3.92. The summed E-state index contributed by atoms with van der Waals surface area (Å²) in [5, 5.41) is 0.676. The van der Waals surface area contributed by atoms with Gasteiger partial charge in [-0.3, -0.25) is 0 Å². The number of hydrogen-bond acceptors (Lipinski definition) is 2. The summed E-state index contributed by atoms with van der Waals surface area (Å²) in [6, 6.07) is 13.4. The van der Waals surface area contributed by atoms with E-state index < -0.39 is 0 Å². The Kier molecular flexibility index (Phi) is 3.67. The van der Waals surface area contributed by atoms with Gasteiger partial charge in [0.05, 0.1) is 0 Å². The van der Waals surface area contributed by atoms with Crippen LogP contribution < -0.4 is 10.5 Å². The summed E-state index contributed by atoms with van der Waals surface area (Å²) in [7, 11) is 0. The molecule has 2 aromatic carbocycles. The zero-order chi connectivity index (χ0) is 12.3. The Labute approximate surface area is 106 Å². The molecule has 0 saturated carbocycles. The summed E-state index contributed by atoms with van der Waals surface area (Å²) in [4.78, 5) is 0. The van der Waals surface area contributed by atoms with Crippen LogP contribution in [0.1, 0.15) is 11.1 Å². The Bertz CT molecular complexity index is 505. The standard InChI is InChI=1S/C14H14ClNO/c1-10-5-12(15)8-14(6-10)17-13-4-2-3-11(7-13)9-16/h2-8H,9,16H2,1H3. The summed E-state index contributed by atoms with van der Waals surface area (Å²) in [5.74, 6) is 1.51. The highest BCUT2D eigenvalue weighted by atomic mass is 35.5. The molecule has 0 unspecified atom stereocenters. The molecular weight excluding hydrogens is 234 g/mol. The van der Waals surface area contributed by atoms with Gasteiger partial charge in [0.15, 0.2) is 0 Å². The van der Waals surface area contributed by atoms with Gasteiger partial charge in [0, 0.05) is 11.6 Å². The van der Waals surface area contributed by atoms with Crippen molar-refractivity contribution < 1.29 is 4.74 Å². The SMILES string of the molecule is Cc1cc(Cl)cc(Oc2cccc(CN)c2)c1. The lowest BCUT2D eigenvalue weighted by molar-refractivity contribution is 0.481. The average molecular weight is 248 g/mol. The van der Waals surface area contributed by atoms with Crippen LogP contribution in [0, 0.1) is 6.92 Å². The second-order valence-corrected chi connectivity index (χ2v) is 4.35. The molecule has 0 aliphatic rings. The van der Waals surface area contributed by atoms with Gasteiger partial charge in [0.2, 0.25) is 0 Å². The molecule has 17 heavy (non-hydrogen) atoms. The molecule has 0 bridgehead atoms. The Morgan fingerprint density at radius 3 is 2.65 bits per heavy atom. The molecule has 0 heterocycles. The largest absolute Gasteiger partial charge is 0.457 e. The Morgan fingerprint density at radius 2 is 1.94 bits per heavy atom. The zero-order valence-corrected chi connectivity index (χ0v) is 10.4. The lowest BCUT2D eigenvalue weighted by atomic mass is 10.2. The molecular formula is C14H14ClNO. The fourth-order valence-corrected chi connectivity index (χ4v) is 1.91. The van der Waals surface area contributed by atoms with Gasteiger partial charge < -0.3 is 10.5 Å². The van der Waals surface area contributed by atoms with E-state index in [1.807, 2.05) is 43.3 Å². The highest BCUT2D eigenvalue weighted by Crippen LogP contribution is 2.26. The van der Waals surface area contributed by atoms with Crippen LogP contribution in [-0.2, 0) is 6.54 Å². The predicted molar refractivity (Wildman–Crippen MR) is 70.6 cm³/mol. The number of rotatable bonds is 3. The minimum Gasteiger partial charge on any atom is -0.457 e. The molecule has 0 fully saturated rings. The molecule has 0 aliphatic carbocycles. The molecule has 2 aromatic rings. The first kappa shape index (κ1) is 12.0. The number of hydrogen-bond donors (Lipinski definition) is 1. The summed E-state index contributed by atoms with van der Waals surface area (Å²) in [6.07, 6.45) is 0. The first-order valence-electron chi connectivity index (χ1n) is 5.41. The summed E-state index contributed by atoms with van der Waals surface area (Å²) < 4.78 is 5.74. The van der Waals surface area contributed by atoms with E-state index in [1.165, 1.54) is 0 Å². The molecule has 0 aliphatic heterocycles. The van der Waals surface area contributed by atoms with E-state index >= 15 is 0 Å². The van der Waals surface area contributed by atoms with Crippen molar-refractivity contribution in [3.8, 4) is 11.5 Å². The van der Waals surface area contributed by atoms with Gasteiger partial charge >= 0.3 is 0 Å². The van der Waals surface area contributed by atoms with E-state index in [2.05, 4.69) is 0 Å². The van der Waals surface area contributed by atoms with Gasteiger partial charge in [-0.25, -0.2) is 0 Å². The maximum atomic E-state index is 5.97. The topological polar surface area (TPSA) is 35.2 Å². The Balaban J connectivity index is 2.24. The third-order valence-electron chi connectivity index (χ3n) is 2.39. The quantitative estimate of drug-likeness (QED) is 0.893. The molecule has 0 saturated heterocycles. The smallest absolute Gasteiger partial charge is 0.129 e. The van der Waals surface area contributed by atoms with Crippen LogP contribution in [0.15, 0.2) is 42.5 Å². The predicted octanol–water partition coefficient (Wildman–Crippen LogP) is 3.90. The molecule has 0 spiro atoms. The van der Waals surface area contributed by atoms with E-state index in [-0.39, 0.29) is 0 Å². The number of halogens is 1. The van der Waals surface area contributed by atoms with E-state index in [9.17, 15) is 0 Å². The highest BCUT2D eigenvalue weighted by molar-refractivity contribution is 6.30. The lowest BCUT2D eigenvalue weighted by Crippen LogP contribution is -1.96. The van der Waals surface area contributed by atoms with E-state index in [0.29, 0.717) is 11.6 Å². The van der Waals surface area contributed by atoms with Gasteiger partial charge in [0.25, 0.3) is 0 Å². The second kappa shape index (κ2) is 5.21. The number of nitrogens with two attached hydrogens (primary N) is 1. The van der Waals surface area contributed by atoms with Crippen molar-refractivity contribution in [2.75, 3.05) is 0 Å². The van der Waals surface area contributed by atoms with Gasteiger partial charge in [-0.1, -0.05) is 23.7 Å².